The zero-order valence-electron chi connectivity index (χ0n) is 13.7. The number of fused-ring (bicyclic) bond motifs is 2. The molecule has 5 rings (SSSR count). The summed E-state index contributed by atoms with van der Waals surface area (Å²) < 4.78 is 15.7. The highest BCUT2D eigenvalue weighted by atomic mass is 19.1. The second-order valence-electron chi connectivity index (χ2n) is 6.18. The van der Waals surface area contributed by atoms with Crippen LogP contribution in [0.1, 0.15) is 23.1 Å². The van der Waals surface area contributed by atoms with Gasteiger partial charge in [-0.2, -0.15) is 5.10 Å². The summed E-state index contributed by atoms with van der Waals surface area (Å²) in [6.07, 6.45) is 7.31. The van der Waals surface area contributed by atoms with E-state index in [4.69, 9.17) is 5.73 Å². The summed E-state index contributed by atoms with van der Waals surface area (Å²) >= 11 is 0. The standard InChI is InChI=1S/C17H15FN8/c18-11-2-1-4-26-14(11)6-13(24-26)16-15-12(22-9-23-15)3-5-25(16)17-20-7-10(19)8-21-17/h1-2,4,6-9,16H,3,5,19H2,(H,22,23). The number of hydrogen-bond donors (Lipinski definition) is 2. The van der Waals surface area contributed by atoms with Gasteiger partial charge in [-0.05, 0) is 18.2 Å². The molecule has 8 nitrogen and oxygen atoms in total. The average molecular weight is 350 g/mol. The number of nitrogens with two attached hydrogens (primary N) is 1. The molecule has 0 saturated carbocycles. The van der Waals surface area contributed by atoms with Crippen molar-refractivity contribution in [3.05, 3.63) is 66.0 Å². The Balaban J connectivity index is 1.68. The van der Waals surface area contributed by atoms with Crippen LogP contribution in [0.3, 0.4) is 0 Å². The van der Waals surface area contributed by atoms with Crippen LogP contribution < -0.4 is 10.6 Å². The number of aromatic nitrogens is 6. The van der Waals surface area contributed by atoms with Crippen LogP contribution in [0.2, 0.25) is 0 Å². The zero-order chi connectivity index (χ0) is 17.7. The largest absolute Gasteiger partial charge is 0.396 e. The summed E-state index contributed by atoms with van der Waals surface area (Å²) in [4.78, 5) is 18.4. The Hall–Kier alpha value is -3.49. The van der Waals surface area contributed by atoms with Crippen LogP contribution in [0, 0.1) is 5.82 Å². The van der Waals surface area contributed by atoms with Gasteiger partial charge in [0.25, 0.3) is 0 Å². The van der Waals surface area contributed by atoms with Crippen LogP contribution >= 0.6 is 0 Å². The lowest BCUT2D eigenvalue weighted by Gasteiger charge is -2.33. The number of nitrogens with one attached hydrogen (secondary N) is 1. The third kappa shape index (κ3) is 2.20. The molecule has 0 aromatic carbocycles. The van der Waals surface area contributed by atoms with Gasteiger partial charge in [-0.25, -0.2) is 23.9 Å². The lowest BCUT2D eigenvalue weighted by Crippen LogP contribution is -2.37. The van der Waals surface area contributed by atoms with Crippen molar-refractivity contribution in [3.63, 3.8) is 0 Å². The van der Waals surface area contributed by atoms with E-state index in [-0.39, 0.29) is 11.9 Å². The molecule has 1 aliphatic heterocycles. The zero-order valence-corrected chi connectivity index (χ0v) is 13.7. The molecule has 1 aliphatic rings. The number of halogens is 1. The van der Waals surface area contributed by atoms with Crippen LogP contribution in [-0.2, 0) is 6.42 Å². The molecule has 9 heteroatoms. The van der Waals surface area contributed by atoms with Crippen LogP contribution in [0.4, 0.5) is 16.0 Å². The Morgan fingerprint density at radius 2 is 2.08 bits per heavy atom. The fraction of sp³-hybridized carbons (Fsp3) is 0.176. The quantitative estimate of drug-likeness (QED) is 0.571. The van der Waals surface area contributed by atoms with Gasteiger partial charge in [-0.1, -0.05) is 0 Å². The normalized spacial score (nSPS) is 16.8. The maximum atomic E-state index is 14.1. The molecule has 4 aromatic rings. The second kappa shape index (κ2) is 5.51. The molecule has 0 radical (unpaired) electrons. The first-order valence-electron chi connectivity index (χ1n) is 8.21. The molecule has 1 unspecified atom stereocenters. The summed E-state index contributed by atoms with van der Waals surface area (Å²) in [6, 6.07) is 4.48. The van der Waals surface area contributed by atoms with Gasteiger partial charge in [0.05, 0.1) is 35.8 Å². The van der Waals surface area contributed by atoms with Crippen LogP contribution in [-0.4, -0.2) is 36.1 Å². The molecule has 26 heavy (non-hydrogen) atoms. The molecule has 0 amide bonds. The van der Waals surface area contributed by atoms with Crippen molar-refractivity contribution < 1.29 is 4.39 Å². The fourth-order valence-corrected chi connectivity index (χ4v) is 3.40. The Bertz CT molecular complexity index is 1080. The molecular formula is C17H15FN8. The molecule has 130 valence electrons. The highest BCUT2D eigenvalue weighted by Gasteiger charge is 2.34. The smallest absolute Gasteiger partial charge is 0.226 e. The van der Waals surface area contributed by atoms with E-state index >= 15 is 0 Å². The van der Waals surface area contributed by atoms with Gasteiger partial charge < -0.3 is 15.6 Å². The van der Waals surface area contributed by atoms with E-state index in [1.54, 1.807) is 37.1 Å². The maximum absolute atomic E-state index is 14.1. The van der Waals surface area contributed by atoms with Crippen LogP contribution in [0.15, 0.2) is 43.1 Å². The average Bonchev–Trinajstić information content (AvgIpc) is 3.29. The van der Waals surface area contributed by atoms with E-state index in [9.17, 15) is 4.39 Å². The van der Waals surface area contributed by atoms with Crippen molar-refractivity contribution >= 4 is 17.2 Å². The van der Waals surface area contributed by atoms with Gasteiger partial charge in [0.15, 0.2) is 0 Å². The summed E-state index contributed by atoms with van der Waals surface area (Å²) in [6.45, 7) is 0.681. The Kier molecular flexibility index (Phi) is 3.14. The van der Waals surface area contributed by atoms with E-state index < -0.39 is 0 Å². The predicted molar refractivity (Wildman–Crippen MR) is 93.1 cm³/mol. The number of hydrogen-bond acceptors (Lipinski definition) is 6. The number of pyridine rings is 1. The lowest BCUT2D eigenvalue weighted by molar-refractivity contribution is 0.602. The number of imidazole rings is 1. The Morgan fingerprint density at radius 3 is 2.88 bits per heavy atom. The van der Waals surface area contributed by atoms with Gasteiger partial charge in [0.1, 0.15) is 17.4 Å². The van der Waals surface area contributed by atoms with E-state index in [1.807, 2.05) is 4.90 Å². The molecule has 0 spiro atoms. The van der Waals surface area contributed by atoms with Gasteiger partial charge in [0, 0.05) is 24.9 Å². The first-order chi connectivity index (χ1) is 12.7. The van der Waals surface area contributed by atoms with Gasteiger partial charge in [0.2, 0.25) is 5.95 Å². The minimum absolute atomic E-state index is 0.312. The molecule has 0 fully saturated rings. The monoisotopic (exact) mass is 350 g/mol. The van der Waals surface area contributed by atoms with Crippen molar-refractivity contribution in [2.24, 2.45) is 0 Å². The predicted octanol–water partition coefficient (Wildman–Crippen LogP) is 1.72. The van der Waals surface area contributed by atoms with Crippen LogP contribution in [0.25, 0.3) is 5.52 Å². The number of H-pyrrole nitrogens is 1. The minimum Gasteiger partial charge on any atom is -0.396 e. The van der Waals surface area contributed by atoms with E-state index in [1.165, 1.54) is 10.6 Å². The Labute approximate surface area is 147 Å². The molecule has 0 bridgehead atoms. The molecule has 5 heterocycles. The van der Waals surface area contributed by atoms with Crippen molar-refractivity contribution in [3.8, 4) is 0 Å². The van der Waals surface area contributed by atoms with E-state index in [0.717, 1.165) is 17.8 Å². The number of nitrogen functional groups attached to an aromatic ring is 1. The number of rotatable bonds is 2. The number of anilines is 2. The van der Waals surface area contributed by atoms with Crippen LogP contribution in [0.5, 0.6) is 0 Å². The highest BCUT2D eigenvalue weighted by Crippen LogP contribution is 2.35. The molecule has 1 atom stereocenters. The highest BCUT2D eigenvalue weighted by molar-refractivity contribution is 5.53. The van der Waals surface area contributed by atoms with E-state index in [0.29, 0.717) is 29.4 Å². The number of nitrogens with zero attached hydrogens (tertiary/aromatic N) is 6. The fourth-order valence-electron chi connectivity index (χ4n) is 3.40. The summed E-state index contributed by atoms with van der Waals surface area (Å²) in [7, 11) is 0. The lowest BCUT2D eigenvalue weighted by atomic mass is 10.00. The van der Waals surface area contributed by atoms with Crippen molar-refractivity contribution in [2.75, 3.05) is 17.2 Å². The second-order valence-corrected chi connectivity index (χ2v) is 6.18. The molecule has 3 N–H and O–H groups in total. The number of aromatic amines is 1. The third-order valence-electron chi connectivity index (χ3n) is 4.59. The Morgan fingerprint density at radius 1 is 1.23 bits per heavy atom. The van der Waals surface area contributed by atoms with Crippen molar-refractivity contribution in [1.82, 2.24) is 29.5 Å². The summed E-state index contributed by atoms with van der Waals surface area (Å²) in [5.74, 6) is 0.218. The maximum Gasteiger partial charge on any atom is 0.226 e. The topological polar surface area (TPSA) is 101 Å². The molecule has 4 aromatic heterocycles. The summed E-state index contributed by atoms with van der Waals surface area (Å²) in [5, 5.41) is 4.57. The molecule has 0 aliphatic carbocycles. The third-order valence-corrected chi connectivity index (χ3v) is 4.59. The molecular weight excluding hydrogens is 335 g/mol. The minimum atomic E-state index is -0.320. The molecule has 0 saturated heterocycles. The van der Waals surface area contributed by atoms with Crippen molar-refractivity contribution in [2.45, 2.75) is 12.5 Å². The first kappa shape index (κ1) is 14.8. The van der Waals surface area contributed by atoms with Crippen molar-refractivity contribution in [1.29, 1.82) is 0 Å². The van der Waals surface area contributed by atoms with Gasteiger partial charge >= 0.3 is 0 Å². The SMILES string of the molecule is Nc1cnc(N2CCc3[nH]cnc3C2c2cc3c(F)cccn3n2)nc1. The van der Waals surface area contributed by atoms with Gasteiger partial charge in [-0.15, -0.1) is 0 Å². The summed E-state index contributed by atoms with van der Waals surface area (Å²) in [5.41, 5.74) is 9.20. The van der Waals surface area contributed by atoms with Gasteiger partial charge in [-0.3, -0.25) is 0 Å². The first-order valence-corrected chi connectivity index (χ1v) is 8.21. The van der Waals surface area contributed by atoms with E-state index in [2.05, 4.69) is 25.0 Å².